The van der Waals surface area contributed by atoms with Crippen molar-refractivity contribution < 1.29 is 14.4 Å². The third kappa shape index (κ3) is 2.47. The minimum atomic E-state index is -0.359. The van der Waals surface area contributed by atoms with Gasteiger partial charge in [0, 0.05) is 33.0 Å². The summed E-state index contributed by atoms with van der Waals surface area (Å²) in [5.74, 6) is -0.317. The molecule has 2 saturated heterocycles. The number of carbonyl (C=O) groups is 3. The maximum Gasteiger partial charge on any atom is 0.327 e. The third-order valence-corrected chi connectivity index (χ3v) is 6.18. The molecule has 2 heterocycles. The first-order chi connectivity index (χ1) is 12.0. The Balaban J connectivity index is 1.67. The standard InChI is InChI=1S/C19H23N3O3/c1-21-17-16(18(24)22(2)19(21)25)13-8-12(11-6-4-3-5-7-11)9-15(23)14(13)10-20-17/h3-7,12-14,16-17,20H,8-10H2,1-2H3. The lowest BCUT2D eigenvalue weighted by atomic mass is 9.63. The zero-order chi connectivity index (χ0) is 17.7. The highest BCUT2D eigenvalue weighted by atomic mass is 16.2. The molecule has 0 spiro atoms. The van der Waals surface area contributed by atoms with E-state index >= 15 is 0 Å². The predicted octanol–water partition coefficient (Wildman–Crippen LogP) is 1.43. The number of nitrogens with zero attached hydrogens (tertiary/aromatic N) is 2. The number of hydrogen-bond acceptors (Lipinski definition) is 4. The van der Waals surface area contributed by atoms with E-state index < -0.39 is 0 Å². The smallest absolute Gasteiger partial charge is 0.311 e. The Labute approximate surface area is 147 Å². The van der Waals surface area contributed by atoms with Crippen LogP contribution in [0.1, 0.15) is 24.3 Å². The van der Waals surface area contributed by atoms with Gasteiger partial charge < -0.3 is 4.90 Å². The number of nitrogens with one attached hydrogen (secondary N) is 1. The molecule has 1 aromatic carbocycles. The molecule has 5 unspecified atom stereocenters. The topological polar surface area (TPSA) is 69.7 Å². The molecule has 132 valence electrons. The van der Waals surface area contributed by atoms with E-state index in [1.54, 1.807) is 11.9 Å². The van der Waals surface area contributed by atoms with E-state index in [1.807, 2.05) is 18.2 Å². The van der Waals surface area contributed by atoms with Gasteiger partial charge in [0.05, 0.1) is 12.1 Å². The van der Waals surface area contributed by atoms with Gasteiger partial charge in [-0.05, 0) is 23.8 Å². The van der Waals surface area contributed by atoms with Crippen molar-refractivity contribution in [3.8, 4) is 0 Å². The Kier molecular flexibility index (Phi) is 3.87. The van der Waals surface area contributed by atoms with Crippen LogP contribution < -0.4 is 5.32 Å². The first kappa shape index (κ1) is 16.3. The van der Waals surface area contributed by atoms with Crippen LogP contribution in [0.3, 0.4) is 0 Å². The van der Waals surface area contributed by atoms with Crippen LogP contribution in [-0.2, 0) is 9.59 Å². The van der Waals surface area contributed by atoms with Crippen molar-refractivity contribution in [1.82, 2.24) is 15.1 Å². The van der Waals surface area contributed by atoms with Gasteiger partial charge in [-0.2, -0.15) is 0 Å². The van der Waals surface area contributed by atoms with Gasteiger partial charge in [0.1, 0.15) is 5.78 Å². The number of hydrogen-bond donors (Lipinski definition) is 1. The Hall–Kier alpha value is -2.21. The number of benzene rings is 1. The van der Waals surface area contributed by atoms with E-state index in [2.05, 4.69) is 17.4 Å². The van der Waals surface area contributed by atoms with Crippen LogP contribution in [0.25, 0.3) is 0 Å². The highest BCUT2D eigenvalue weighted by molar-refractivity contribution is 5.99. The molecule has 3 aliphatic rings. The van der Waals surface area contributed by atoms with Gasteiger partial charge in [-0.3, -0.25) is 19.8 Å². The van der Waals surface area contributed by atoms with E-state index in [-0.39, 0.29) is 47.6 Å². The van der Waals surface area contributed by atoms with Crippen molar-refractivity contribution in [3.05, 3.63) is 35.9 Å². The molecule has 2 aliphatic heterocycles. The highest BCUT2D eigenvalue weighted by Crippen LogP contribution is 2.45. The SMILES string of the molecule is CN1C(=O)C2C3CC(c4ccccc4)CC(=O)C3CNC2N(C)C1=O. The summed E-state index contributed by atoms with van der Waals surface area (Å²) in [5, 5.41) is 3.27. The van der Waals surface area contributed by atoms with Crippen molar-refractivity contribution in [3.63, 3.8) is 0 Å². The highest BCUT2D eigenvalue weighted by Gasteiger charge is 2.54. The quantitative estimate of drug-likeness (QED) is 0.839. The summed E-state index contributed by atoms with van der Waals surface area (Å²) in [7, 11) is 3.25. The van der Waals surface area contributed by atoms with Gasteiger partial charge in [0.2, 0.25) is 5.91 Å². The van der Waals surface area contributed by atoms with Gasteiger partial charge in [0.25, 0.3) is 0 Å². The molecule has 1 saturated carbocycles. The Morgan fingerprint density at radius 3 is 2.52 bits per heavy atom. The van der Waals surface area contributed by atoms with Crippen LogP contribution in [-0.4, -0.2) is 54.3 Å². The molecule has 1 aromatic rings. The minimum Gasteiger partial charge on any atom is -0.311 e. The van der Waals surface area contributed by atoms with E-state index in [0.717, 1.165) is 12.0 Å². The van der Waals surface area contributed by atoms with Crippen molar-refractivity contribution in [1.29, 1.82) is 0 Å². The van der Waals surface area contributed by atoms with Crippen LogP contribution in [0.5, 0.6) is 0 Å². The molecule has 1 N–H and O–H groups in total. The number of imide groups is 1. The molecule has 0 aromatic heterocycles. The van der Waals surface area contributed by atoms with Crippen LogP contribution in [0.15, 0.2) is 30.3 Å². The third-order valence-electron chi connectivity index (χ3n) is 6.18. The number of ketones is 1. The molecule has 6 nitrogen and oxygen atoms in total. The number of amides is 3. The molecule has 4 rings (SSSR count). The molecule has 6 heteroatoms. The van der Waals surface area contributed by atoms with Crippen molar-refractivity contribution in [2.24, 2.45) is 17.8 Å². The van der Waals surface area contributed by atoms with Gasteiger partial charge in [-0.1, -0.05) is 30.3 Å². The maximum atomic E-state index is 12.8. The number of urea groups is 1. The molecular weight excluding hydrogens is 318 g/mol. The van der Waals surface area contributed by atoms with E-state index in [9.17, 15) is 14.4 Å². The van der Waals surface area contributed by atoms with Gasteiger partial charge in [0.15, 0.2) is 0 Å². The first-order valence-electron chi connectivity index (χ1n) is 8.84. The molecule has 3 fully saturated rings. The summed E-state index contributed by atoms with van der Waals surface area (Å²) in [5.41, 5.74) is 1.16. The lowest BCUT2D eigenvalue weighted by Gasteiger charge is -2.52. The molecule has 5 atom stereocenters. The zero-order valence-corrected chi connectivity index (χ0v) is 14.5. The normalized spacial score (nSPS) is 35.4. The number of carbonyl (C=O) groups excluding carboxylic acids is 3. The molecule has 1 aliphatic carbocycles. The monoisotopic (exact) mass is 341 g/mol. The van der Waals surface area contributed by atoms with Crippen LogP contribution in [0, 0.1) is 17.8 Å². The Bertz CT molecular complexity index is 720. The fraction of sp³-hybridized carbons (Fsp3) is 0.526. The van der Waals surface area contributed by atoms with E-state index in [1.165, 1.54) is 11.9 Å². The molecule has 25 heavy (non-hydrogen) atoms. The first-order valence-corrected chi connectivity index (χ1v) is 8.84. The summed E-state index contributed by atoms with van der Waals surface area (Å²) in [4.78, 5) is 40.6. The second-order valence-electron chi connectivity index (χ2n) is 7.45. The van der Waals surface area contributed by atoms with E-state index in [4.69, 9.17) is 0 Å². The van der Waals surface area contributed by atoms with Crippen LogP contribution >= 0.6 is 0 Å². The summed E-state index contributed by atoms with van der Waals surface area (Å²) < 4.78 is 0. The Morgan fingerprint density at radius 1 is 1.08 bits per heavy atom. The lowest BCUT2D eigenvalue weighted by Crippen LogP contribution is -2.70. The van der Waals surface area contributed by atoms with Gasteiger partial charge >= 0.3 is 6.03 Å². The molecule has 0 bridgehead atoms. The maximum absolute atomic E-state index is 12.8. The fourth-order valence-electron chi connectivity index (χ4n) is 4.83. The average molecular weight is 341 g/mol. The number of piperidine rings is 1. The number of fused-ring (bicyclic) bond motifs is 3. The van der Waals surface area contributed by atoms with Crippen LogP contribution in [0.4, 0.5) is 4.79 Å². The average Bonchev–Trinajstić information content (AvgIpc) is 2.64. The van der Waals surface area contributed by atoms with Crippen molar-refractivity contribution >= 4 is 17.7 Å². The second kappa shape index (κ2) is 5.95. The van der Waals surface area contributed by atoms with Gasteiger partial charge in [-0.25, -0.2) is 4.79 Å². The summed E-state index contributed by atoms with van der Waals surface area (Å²) in [6, 6.07) is 9.77. The van der Waals surface area contributed by atoms with Crippen molar-refractivity contribution in [2.75, 3.05) is 20.6 Å². The molecule has 3 amide bonds. The summed E-state index contributed by atoms with van der Waals surface area (Å²) >= 11 is 0. The van der Waals surface area contributed by atoms with Crippen LogP contribution in [0.2, 0.25) is 0 Å². The largest absolute Gasteiger partial charge is 0.327 e. The second-order valence-corrected chi connectivity index (χ2v) is 7.45. The van der Waals surface area contributed by atoms with E-state index in [0.29, 0.717) is 13.0 Å². The zero-order valence-electron chi connectivity index (χ0n) is 14.5. The summed E-state index contributed by atoms with van der Waals surface area (Å²) in [6.45, 7) is 0.542. The molecule has 0 radical (unpaired) electrons. The minimum absolute atomic E-state index is 0.0248. The summed E-state index contributed by atoms with van der Waals surface area (Å²) in [6.07, 6.45) is 1.02. The lowest BCUT2D eigenvalue weighted by molar-refractivity contribution is -0.148. The van der Waals surface area contributed by atoms with Crippen molar-refractivity contribution in [2.45, 2.75) is 24.9 Å². The predicted molar refractivity (Wildman–Crippen MR) is 91.6 cm³/mol. The Morgan fingerprint density at radius 2 is 1.80 bits per heavy atom. The molecular formula is C19H23N3O3. The number of rotatable bonds is 1. The number of Topliss-reactive ketones (excluding diaryl/α,β-unsaturated/α-hetero) is 1. The fourth-order valence-corrected chi connectivity index (χ4v) is 4.83. The van der Waals surface area contributed by atoms with Gasteiger partial charge in [-0.15, -0.1) is 0 Å².